The predicted octanol–water partition coefficient (Wildman–Crippen LogP) is 4.58. The topological polar surface area (TPSA) is 70.5 Å². The number of carbonyl (C=O) groups excluding carboxylic acids is 2. The van der Waals surface area contributed by atoms with Gasteiger partial charge in [-0.1, -0.05) is 55.0 Å². The summed E-state index contributed by atoms with van der Waals surface area (Å²) in [5.41, 5.74) is 3.80. The van der Waals surface area contributed by atoms with E-state index in [1.54, 1.807) is 36.5 Å². The van der Waals surface area contributed by atoms with Crippen molar-refractivity contribution >= 4 is 23.1 Å². The Kier molecular flexibility index (Phi) is 5.19. The van der Waals surface area contributed by atoms with Crippen molar-refractivity contribution in [3.05, 3.63) is 101 Å². The summed E-state index contributed by atoms with van der Waals surface area (Å²) < 4.78 is 0. The van der Waals surface area contributed by atoms with Gasteiger partial charge >= 0.3 is 0 Å². The van der Waals surface area contributed by atoms with E-state index in [2.05, 4.69) is 11.9 Å². The highest BCUT2D eigenvalue weighted by Gasteiger charge is 2.47. The molecule has 5 nitrogen and oxygen atoms in total. The molecule has 0 spiro atoms. The predicted molar refractivity (Wildman–Crippen MR) is 116 cm³/mol. The van der Waals surface area contributed by atoms with Crippen LogP contribution in [-0.2, 0) is 16.0 Å². The van der Waals surface area contributed by atoms with Gasteiger partial charge in [0, 0.05) is 17.4 Å². The summed E-state index contributed by atoms with van der Waals surface area (Å²) in [4.78, 5) is 31.9. The maximum atomic E-state index is 13.0. The van der Waals surface area contributed by atoms with Crippen LogP contribution in [0.4, 0.5) is 5.69 Å². The van der Waals surface area contributed by atoms with Crippen LogP contribution in [0.5, 0.6) is 0 Å². The Balaban J connectivity index is 1.90. The number of aliphatic hydroxyl groups excluding tert-OH is 1. The molecule has 1 N–H and O–H groups in total. The lowest BCUT2D eigenvalue weighted by Gasteiger charge is -2.24. The summed E-state index contributed by atoms with van der Waals surface area (Å²) in [5.74, 6) is -1.59. The average molecular weight is 398 g/mol. The van der Waals surface area contributed by atoms with Gasteiger partial charge in [-0.15, -0.1) is 0 Å². The zero-order valence-electron chi connectivity index (χ0n) is 16.9. The quantitative estimate of drug-likeness (QED) is 0.397. The lowest BCUT2D eigenvalue weighted by molar-refractivity contribution is -0.132. The van der Waals surface area contributed by atoms with Crippen LogP contribution in [0.3, 0.4) is 0 Å². The molecule has 1 atom stereocenters. The second kappa shape index (κ2) is 7.95. The second-order valence-corrected chi connectivity index (χ2v) is 7.31. The molecule has 150 valence electrons. The van der Waals surface area contributed by atoms with E-state index in [9.17, 15) is 14.7 Å². The average Bonchev–Trinajstić information content (AvgIpc) is 3.05. The number of ketones is 1. The Morgan fingerprint density at radius 1 is 1.00 bits per heavy atom. The molecule has 4 rings (SSSR count). The van der Waals surface area contributed by atoms with Crippen LogP contribution < -0.4 is 4.90 Å². The van der Waals surface area contributed by atoms with Gasteiger partial charge in [-0.2, -0.15) is 0 Å². The number of hydrogen-bond donors (Lipinski definition) is 1. The molecule has 1 fully saturated rings. The van der Waals surface area contributed by atoms with E-state index in [0.29, 0.717) is 16.9 Å². The molecule has 30 heavy (non-hydrogen) atoms. The van der Waals surface area contributed by atoms with Gasteiger partial charge in [0.05, 0.1) is 11.3 Å². The first kappa shape index (κ1) is 19.6. The molecule has 0 bridgehead atoms. The zero-order valence-corrected chi connectivity index (χ0v) is 16.9. The third-order valence-corrected chi connectivity index (χ3v) is 5.36. The van der Waals surface area contributed by atoms with Crippen LogP contribution in [0.25, 0.3) is 5.76 Å². The highest BCUT2D eigenvalue weighted by atomic mass is 16.3. The molecular weight excluding hydrogens is 376 g/mol. The van der Waals surface area contributed by atoms with Gasteiger partial charge in [0.25, 0.3) is 11.7 Å². The molecule has 1 amide bonds. The summed E-state index contributed by atoms with van der Waals surface area (Å²) in [6.45, 7) is 3.99. The lowest BCUT2D eigenvalue weighted by atomic mass is 9.97. The monoisotopic (exact) mass is 398 g/mol. The highest BCUT2D eigenvalue weighted by molar-refractivity contribution is 6.51. The van der Waals surface area contributed by atoms with Gasteiger partial charge in [0.2, 0.25) is 0 Å². The number of pyridine rings is 1. The van der Waals surface area contributed by atoms with E-state index in [4.69, 9.17) is 0 Å². The number of benzene rings is 2. The first-order chi connectivity index (χ1) is 14.5. The summed E-state index contributed by atoms with van der Waals surface area (Å²) in [7, 11) is 0. The Bertz CT molecular complexity index is 1120. The van der Waals surface area contributed by atoms with Crippen molar-refractivity contribution in [1.29, 1.82) is 0 Å². The minimum atomic E-state index is -0.806. The minimum Gasteiger partial charge on any atom is -0.507 e. The first-order valence-corrected chi connectivity index (χ1v) is 9.89. The van der Waals surface area contributed by atoms with Crippen molar-refractivity contribution in [3.63, 3.8) is 0 Å². The molecule has 0 saturated carbocycles. The standard InChI is InChI=1S/C25H22N2O3/c1-3-17-9-13-19(14-10-17)27-22(20-6-4-5-15-26-20)21(24(29)25(27)30)23(28)18-11-7-16(2)8-12-18/h4-15,22,28H,3H2,1-2H3/b23-21-. The van der Waals surface area contributed by atoms with Crippen molar-refractivity contribution in [2.24, 2.45) is 0 Å². The molecule has 3 aromatic rings. The fourth-order valence-corrected chi connectivity index (χ4v) is 3.68. The van der Waals surface area contributed by atoms with Gasteiger partial charge < -0.3 is 5.11 Å². The smallest absolute Gasteiger partial charge is 0.300 e. The van der Waals surface area contributed by atoms with Gasteiger partial charge in [-0.3, -0.25) is 19.5 Å². The number of anilines is 1. The molecule has 0 radical (unpaired) electrons. The van der Waals surface area contributed by atoms with E-state index in [1.807, 2.05) is 43.3 Å². The lowest BCUT2D eigenvalue weighted by Crippen LogP contribution is -2.29. The molecule has 2 heterocycles. The fourth-order valence-electron chi connectivity index (χ4n) is 3.68. The van der Waals surface area contributed by atoms with E-state index in [-0.39, 0.29) is 11.3 Å². The van der Waals surface area contributed by atoms with Gasteiger partial charge in [0.15, 0.2) is 0 Å². The number of Topliss-reactive ketones (excluding diaryl/α,β-unsaturated/α-hetero) is 1. The van der Waals surface area contributed by atoms with Gasteiger partial charge in [0.1, 0.15) is 11.8 Å². The summed E-state index contributed by atoms with van der Waals surface area (Å²) >= 11 is 0. The molecule has 2 aromatic carbocycles. The number of hydrogen-bond acceptors (Lipinski definition) is 4. The van der Waals surface area contributed by atoms with E-state index in [0.717, 1.165) is 17.5 Å². The molecule has 1 aliphatic rings. The molecular formula is C25H22N2O3. The first-order valence-electron chi connectivity index (χ1n) is 9.89. The minimum absolute atomic E-state index is 0.0436. The van der Waals surface area contributed by atoms with E-state index < -0.39 is 17.7 Å². The zero-order chi connectivity index (χ0) is 21.3. The Morgan fingerprint density at radius 3 is 2.30 bits per heavy atom. The van der Waals surface area contributed by atoms with Crippen LogP contribution in [0.2, 0.25) is 0 Å². The Hall–Kier alpha value is -3.73. The maximum absolute atomic E-state index is 13.0. The van der Waals surface area contributed by atoms with E-state index in [1.165, 1.54) is 4.90 Å². The molecule has 1 aromatic heterocycles. The number of aliphatic hydroxyl groups is 1. The van der Waals surface area contributed by atoms with Crippen LogP contribution in [0, 0.1) is 6.92 Å². The van der Waals surface area contributed by atoms with Crippen molar-refractivity contribution in [3.8, 4) is 0 Å². The van der Waals surface area contributed by atoms with Crippen LogP contribution in [0.15, 0.2) is 78.5 Å². The fraction of sp³-hybridized carbons (Fsp3) is 0.160. The SMILES string of the molecule is CCc1ccc(N2C(=O)C(=O)/C(=C(\O)c3ccc(C)cc3)C2c2ccccn2)cc1. The molecule has 1 saturated heterocycles. The second-order valence-electron chi connectivity index (χ2n) is 7.31. The molecule has 5 heteroatoms. The largest absolute Gasteiger partial charge is 0.507 e. The third kappa shape index (κ3) is 3.39. The van der Waals surface area contributed by atoms with Crippen LogP contribution >= 0.6 is 0 Å². The maximum Gasteiger partial charge on any atom is 0.300 e. The number of aromatic nitrogens is 1. The molecule has 0 aliphatic carbocycles. The number of carbonyl (C=O) groups is 2. The van der Waals surface area contributed by atoms with Crippen molar-refractivity contribution in [2.75, 3.05) is 4.90 Å². The van der Waals surface area contributed by atoms with Gasteiger partial charge in [-0.05, 0) is 43.2 Å². The summed E-state index contributed by atoms with van der Waals surface area (Å²) in [6, 6.07) is 19.2. The Morgan fingerprint density at radius 2 is 1.70 bits per heavy atom. The molecule has 1 aliphatic heterocycles. The summed E-state index contributed by atoms with van der Waals surface area (Å²) in [5, 5.41) is 11.0. The van der Waals surface area contributed by atoms with E-state index >= 15 is 0 Å². The third-order valence-electron chi connectivity index (χ3n) is 5.36. The number of rotatable bonds is 4. The van der Waals surface area contributed by atoms with Crippen LogP contribution in [-0.4, -0.2) is 21.8 Å². The molecule has 1 unspecified atom stereocenters. The van der Waals surface area contributed by atoms with Crippen LogP contribution in [0.1, 0.15) is 35.3 Å². The van der Waals surface area contributed by atoms with Crippen molar-refractivity contribution in [2.45, 2.75) is 26.3 Å². The number of nitrogens with zero attached hydrogens (tertiary/aromatic N) is 2. The summed E-state index contributed by atoms with van der Waals surface area (Å²) in [6.07, 6.45) is 2.48. The number of amides is 1. The van der Waals surface area contributed by atoms with Crippen molar-refractivity contribution < 1.29 is 14.7 Å². The van der Waals surface area contributed by atoms with Gasteiger partial charge in [-0.25, -0.2) is 0 Å². The normalized spacial score (nSPS) is 18.1. The number of aryl methyl sites for hydroxylation is 2. The van der Waals surface area contributed by atoms with Crippen molar-refractivity contribution in [1.82, 2.24) is 4.98 Å². The highest BCUT2D eigenvalue weighted by Crippen LogP contribution is 2.41. The Labute approximate surface area is 175 Å².